The Morgan fingerprint density at radius 3 is 2.26 bits per heavy atom. The SMILES string of the molecule is CCC(C(=O)Nc1ccc(OC)cc1)N(Cc1ccc(F)cc1)C(=O)CSc1nc(C)cc(C)n1. The fourth-order valence-electron chi connectivity index (χ4n) is 3.57. The first-order chi connectivity index (χ1) is 16.8. The molecule has 2 amide bonds. The van der Waals surface area contributed by atoms with Gasteiger partial charge in [-0.1, -0.05) is 30.8 Å². The van der Waals surface area contributed by atoms with Crippen molar-refractivity contribution in [3.63, 3.8) is 0 Å². The molecule has 0 spiro atoms. The maximum absolute atomic E-state index is 13.4. The van der Waals surface area contributed by atoms with Crippen LogP contribution >= 0.6 is 11.8 Å². The highest BCUT2D eigenvalue weighted by molar-refractivity contribution is 7.99. The van der Waals surface area contributed by atoms with Crippen LogP contribution < -0.4 is 10.1 Å². The van der Waals surface area contributed by atoms with Crippen LogP contribution in [0.4, 0.5) is 10.1 Å². The summed E-state index contributed by atoms with van der Waals surface area (Å²) < 4.78 is 18.6. The van der Waals surface area contributed by atoms with Gasteiger partial charge in [0.15, 0.2) is 5.16 Å². The molecule has 0 aliphatic heterocycles. The van der Waals surface area contributed by atoms with Crippen molar-refractivity contribution >= 4 is 29.3 Å². The van der Waals surface area contributed by atoms with Crippen molar-refractivity contribution in [1.29, 1.82) is 0 Å². The number of anilines is 1. The van der Waals surface area contributed by atoms with Crippen LogP contribution in [0, 0.1) is 19.7 Å². The zero-order valence-electron chi connectivity index (χ0n) is 20.2. The molecule has 1 unspecified atom stereocenters. The van der Waals surface area contributed by atoms with Gasteiger partial charge in [0.1, 0.15) is 17.6 Å². The number of aromatic nitrogens is 2. The number of hydrogen-bond acceptors (Lipinski definition) is 6. The number of carbonyl (C=O) groups excluding carboxylic acids is 2. The second-order valence-corrected chi connectivity index (χ2v) is 8.95. The first-order valence-electron chi connectivity index (χ1n) is 11.2. The topological polar surface area (TPSA) is 84.4 Å². The van der Waals surface area contributed by atoms with Gasteiger partial charge in [0.2, 0.25) is 11.8 Å². The van der Waals surface area contributed by atoms with Gasteiger partial charge in [0.05, 0.1) is 12.9 Å². The van der Waals surface area contributed by atoms with Gasteiger partial charge in [-0.3, -0.25) is 9.59 Å². The van der Waals surface area contributed by atoms with Crippen LogP contribution in [0.25, 0.3) is 0 Å². The van der Waals surface area contributed by atoms with E-state index in [1.165, 1.54) is 28.8 Å². The first-order valence-corrected chi connectivity index (χ1v) is 12.2. The molecule has 3 rings (SSSR count). The second kappa shape index (κ2) is 12.3. The van der Waals surface area contributed by atoms with Crippen molar-refractivity contribution in [2.45, 2.75) is 44.9 Å². The zero-order chi connectivity index (χ0) is 25.4. The standard InChI is InChI=1S/C26H29FN4O3S/c1-5-23(25(33)30-21-10-12-22(34-4)13-11-21)31(15-19-6-8-20(27)9-7-19)24(32)16-35-26-28-17(2)14-18(3)29-26/h6-14,23H,5,15-16H2,1-4H3,(H,30,33). The fraction of sp³-hybridized carbons (Fsp3) is 0.308. The van der Waals surface area contributed by atoms with Crippen LogP contribution in [0.2, 0.25) is 0 Å². The number of nitrogens with one attached hydrogen (secondary N) is 1. The Hall–Kier alpha value is -3.46. The number of carbonyl (C=O) groups is 2. The molecule has 0 bridgehead atoms. The lowest BCUT2D eigenvalue weighted by molar-refractivity contribution is -0.137. The molecule has 7 nitrogen and oxygen atoms in total. The Balaban J connectivity index is 1.80. The van der Waals surface area contributed by atoms with E-state index in [1.54, 1.807) is 43.5 Å². The molecule has 1 atom stereocenters. The smallest absolute Gasteiger partial charge is 0.247 e. The summed E-state index contributed by atoms with van der Waals surface area (Å²) in [5, 5.41) is 3.39. The highest BCUT2D eigenvalue weighted by Gasteiger charge is 2.29. The van der Waals surface area contributed by atoms with Gasteiger partial charge >= 0.3 is 0 Å². The van der Waals surface area contributed by atoms with E-state index in [9.17, 15) is 14.0 Å². The predicted molar refractivity (Wildman–Crippen MR) is 135 cm³/mol. The van der Waals surface area contributed by atoms with Crippen LogP contribution in [0.3, 0.4) is 0 Å². The lowest BCUT2D eigenvalue weighted by Crippen LogP contribution is -2.47. The lowest BCUT2D eigenvalue weighted by Gasteiger charge is -2.30. The molecule has 0 fully saturated rings. The van der Waals surface area contributed by atoms with Crippen molar-refractivity contribution in [2.24, 2.45) is 0 Å². The molecule has 2 aromatic carbocycles. The molecule has 35 heavy (non-hydrogen) atoms. The van der Waals surface area contributed by atoms with E-state index in [1.807, 2.05) is 26.8 Å². The van der Waals surface area contributed by atoms with Crippen molar-refractivity contribution in [3.8, 4) is 5.75 Å². The zero-order valence-corrected chi connectivity index (χ0v) is 21.1. The van der Waals surface area contributed by atoms with E-state index < -0.39 is 6.04 Å². The first kappa shape index (κ1) is 26.2. The average Bonchev–Trinajstić information content (AvgIpc) is 2.83. The number of benzene rings is 2. The van der Waals surface area contributed by atoms with Crippen LogP contribution in [0.1, 0.15) is 30.3 Å². The second-order valence-electron chi connectivity index (χ2n) is 8.01. The Kier molecular flexibility index (Phi) is 9.19. The quantitative estimate of drug-likeness (QED) is 0.321. The Labute approximate surface area is 209 Å². The monoisotopic (exact) mass is 496 g/mol. The van der Waals surface area contributed by atoms with Crippen molar-refractivity contribution in [2.75, 3.05) is 18.2 Å². The van der Waals surface area contributed by atoms with Gasteiger partial charge < -0.3 is 15.0 Å². The van der Waals surface area contributed by atoms with Crippen molar-refractivity contribution in [1.82, 2.24) is 14.9 Å². The van der Waals surface area contributed by atoms with Gasteiger partial charge in [-0.25, -0.2) is 14.4 Å². The average molecular weight is 497 g/mol. The van der Waals surface area contributed by atoms with Gasteiger partial charge in [0, 0.05) is 23.6 Å². The minimum absolute atomic E-state index is 0.0659. The maximum Gasteiger partial charge on any atom is 0.247 e. The Bertz CT molecular complexity index is 1140. The van der Waals surface area contributed by atoms with Crippen LogP contribution in [0.15, 0.2) is 59.8 Å². The third-order valence-electron chi connectivity index (χ3n) is 5.30. The molecule has 0 aliphatic carbocycles. The van der Waals surface area contributed by atoms with E-state index in [2.05, 4.69) is 15.3 Å². The van der Waals surface area contributed by atoms with Gasteiger partial charge in [-0.2, -0.15) is 0 Å². The van der Waals surface area contributed by atoms with E-state index in [0.29, 0.717) is 23.0 Å². The number of rotatable bonds is 10. The maximum atomic E-state index is 13.4. The molecule has 0 aliphatic rings. The molecule has 9 heteroatoms. The number of nitrogens with zero attached hydrogens (tertiary/aromatic N) is 3. The summed E-state index contributed by atoms with van der Waals surface area (Å²) in [5.41, 5.74) is 2.96. The number of aryl methyl sites for hydroxylation is 2. The molecule has 3 aromatic rings. The van der Waals surface area contributed by atoms with Gasteiger partial charge in [-0.15, -0.1) is 0 Å². The minimum atomic E-state index is -0.726. The van der Waals surface area contributed by atoms with Gasteiger partial charge in [-0.05, 0) is 68.3 Å². The van der Waals surface area contributed by atoms with E-state index in [0.717, 1.165) is 17.0 Å². The summed E-state index contributed by atoms with van der Waals surface area (Å²) in [6.07, 6.45) is 0.402. The Morgan fingerprint density at radius 2 is 1.69 bits per heavy atom. The normalized spacial score (nSPS) is 11.6. The summed E-state index contributed by atoms with van der Waals surface area (Å²) in [5.74, 6) is -0.164. The van der Waals surface area contributed by atoms with Gasteiger partial charge in [0.25, 0.3) is 0 Å². The van der Waals surface area contributed by atoms with Crippen molar-refractivity contribution < 1.29 is 18.7 Å². The summed E-state index contributed by atoms with van der Waals surface area (Å²) in [4.78, 5) is 36.9. The highest BCUT2D eigenvalue weighted by atomic mass is 32.2. The molecular formula is C26H29FN4O3S. The molecular weight excluding hydrogens is 467 g/mol. The highest BCUT2D eigenvalue weighted by Crippen LogP contribution is 2.21. The number of amides is 2. The third kappa shape index (κ3) is 7.51. The number of thioether (sulfide) groups is 1. The molecule has 0 saturated heterocycles. The number of ether oxygens (including phenoxy) is 1. The predicted octanol–water partition coefficient (Wildman–Crippen LogP) is 4.78. The molecule has 0 saturated carbocycles. The summed E-state index contributed by atoms with van der Waals surface area (Å²) in [6.45, 7) is 5.77. The number of methoxy groups -OCH3 is 1. The van der Waals surface area contributed by atoms with Crippen LogP contribution in [0.5, 0.6) is 5.75 Å². The molecule has 1 aromatic heterocycles. The molecule has 184 valence electrons. The third-order valence-corrected chi connectivity index (χ3v) is 6.13. The molecule has 0 radical (unpaired) electrons. The van der Waals surface area contributed by atoms with E-state index >= 15 is 0 Å². The largest absolute Gasteiger partial charge is 0.497 e. The van der Waals surface area contributed by atoms with Crippen molar-refractivity contribution in [3.05, 3.63) is 77.4 Å². The number of hydrogen-bond donors (Lipinski definition) is 1. The fourth-order valence-corrected chi connectivity index (χ4v) is 4.41. The Morgan fingerprint density at radius 1 is 1.06 bits per heavy atom. The minimum Gasteiger partial charge on any atom is -0.497 e. The summed E-state index contributed by atoms with van der Waals surface area (Å²) >= 11 is 1.23. The lowest BCUT2D eigenvalue weighted by atomic mass is 10.1. The summed E-state index contributed by atoms with van der Waals surface area (Å²) in [7, 11) is 1.57. The number of halogens is 1. The van der Waals surface area contributed by atoms with E-state index in [4.69, 9.17) is 4.74 Å². The molecule has 1 N–H and O–H groups in total. The van der Waals surface area contributed by atoms with E-state index in [-0.39, 0.29) is 29.9 Å². The summed E-state index contributed by atoms with van der Waals surface area (Å²) in [6, 6.07) is 14.0. The van der Waals surface area contributed by atoms with Crippen LogP contribution in [-0.4, -0.2) is 45.6 Å². The molecule has 1 heterocycles. The van der Waals surface area contributed by atoms with Crippen LogP contribution in [-0.2, 0) is 16.1 Å².